The molecule has 0 aliphatic rings. The Hall–Kier alpha value is -4.16. The zero-order valence-corrected chi connectivity index (χ0v) is 16.3. The number of rotatable bonds is 4. The topological polar surface area (TPSA) is 123 Å². The lowest BCUT2D eigenvalue weighted by molar-refractivity contribution is -0.137. The zero-order valence-electron chi connectivity index (χ0n) is 16.3. The molecule has 0 bridgehead atoms. The van der Waals surface area contributed by atoms with E-state index in [1.165, 1.54) is 0 Å². The van der Waals surface area contributed by atoms with Gasteiger partial charge in [0.05, 0.1) is 22.5 Å². The Morgan fingerprint density at radius 3 is 1.36 bits per heavy atom. The van der Waals surface area contributed by atoms with E-state index < -0.39 is 58.2 Å². The SMILES string of the molecule is Nc1ccc(NC(=O)c2ccc(C(=O)Nc3ccc(N)cc3C(F)(F)F)o2)c(C(F)(F)F)c1. The minimum atomic E-state index is -4.82. The van der Waals surface area contributed by atoms with E-state index in [2.05, 4.69) is 0 Å². The second-order valence-corrected chi connectivity index (χ2v) is 6.68. The van der Waals surface area contributed by atoms with Crippen molar-refractivity contribution in [3.63, 3.8) is 0 Å². The van der Waals surface area contributed by atoms with Crippen LogP contribution in [0.25, 0.3) is 0 Å². The van der Waals surface area contributed by atoms with Gasteiger partial charge < -0.3 is 26.5 Å². The van der Waals surface area contributed by atoms with Crippen LogP contribution in [0.5, 0.6) is 0 Å². The second-order valence-electron chi connectivity index (χ2n) is 6.68. The molecule has 1 heterocycles. The van der Waals surface area contributed by atoms with Crippen molar-refractivity contribution in [3.05, 3.63) is 71.2 Å². The van der Waals surface area contributed by atoms with E-state index in [4.69, 9.17) is 15.9 Å². The van der Waals surface area contributed by atoms with Gasteiger partial charge in [-0.15, -0.1) is 0 Å². The van der Waals surface area contributed by atoms with Gasteiger partial charge in [-0.2, -0.15) is 26.3 Å². The smallest absolute Gasteiger partial charge is 0.418 e. The number of carbonyl (C=O) groups is 2. The summed E-state index contributed by atoms with van der Waals surface area (Å²) in [4.78, 5) is 24.6. The van der Waals surface area contributed by atoms with Gasteiger partial charge in [0.2, 0.25) is 0 Å². The summed E-state index contributed by atoms with van der Waals surface area (Å²) in [7, 11) is 0. The Bertz CT molecular complexity index is 1130. The van der Waals surface area contributed by atoms with E-state index in [0.29, 0.717) is 12.1 Å². The fourth-order valence-electron chi connectivity index (χ4n) is 2.76. The minimum absolute atomic E-state index is 0.182. The number of nitrogen functional groups attached to an aromatic ring is 2. The molecule has 0 radical (unpaired) electrons. The number of furan rings is 1. The maximum Gasteiger partial charge on any atom is 0.418 e. The van der Waals surface area contributed by atoms with Gasteiger partial charge in [0.25, 0.3) is 11.8 Å². The Morgan fingerprint density at radius 1 is 0.667 bits per heavy atom. The molecule has 13 heteroatoms. The Kier molecular flexibility index (Phi) is 5.99. The number of hydrogen-bond donors (Lipinski definition) is 4. The summed E-state index contributed by atoms with van der Waals surface area (Å²) in [6.45, 7) is 0. The van der Waals surface area contributed by atoms with Crippen molar-refractivity contribution < 1.29 is 40.3 Å². The minimum Gasteiger partial charge on any atom is -0.446 e. The van der Waals surface area contributed by atoms with Gasteiger partial charge in [-0.25, -0.2) is 0 Å². The molecular weight excluding hydrogens is 458 g/mol. The third-order valence-electron chi connectivity index (χ3n) is 4.25. The van der Waals surface area contributed by atoms with E-state index in [1.54, 1.807) is 0 Å². The van der Waals surface area contributed by atoms with Crippen molar-refractivity contribution in [2.75, 3.05) is 22.1 Å². The predicted octanol–water partition coefficient (Wildman–Crippen LogP) is 4.99. The fraction of sp³-hybridized carbons (Fsp3) is 0.100. The summed E-state index contributed by atoms with van der Waals surface area (Å²) in [5.74, 6) is -3.38. The lowest BCUT2D eigenvalue weighted by atomic mass is 10.1. The first kappa shape index (κ1) is 23.5. The van der Waals surface area contributed by atoms with E-state index in [-0.39, 0.29) is 11.4 Å². The van der Waals surface area contributed by atoms with E-state index in [0.717, 1.165) is 36.4 Å². The van der Waals surface area contributed by atoms with Crippen molar-refractivity contribution in [2.45, 2.75) is 12.4 Å². The lowest BCUT2D eigenvalue weighted by Crippen LogP contribution is -2.17. The van der Waals surface area contributed by atoms with Gasteiger partial charge in [-0.1, -0.05) is 0 Å². The molecule has 3 aromatic rings. The van der Waals surface area contributed by atoms with Gasteiger partial charge in [0.15, 0.2) is 11.5 Å². The quantitative estimate of drug-likeness (QED) is 0.315. The van der Waals surface area contributed by atoms with Gasteiger partial charge in [0, 0.05) is 11.4 Å². The number of carbonyl (C=O) groups excluding carboxylic acids is 2. The van der Waals surface area contributed by atoms with E-state index in [1.807, 2.05) is 10.6 Å². The number of anilines is 4. The number of benzene rings is 2. The average molecular weight is 472 g/mol. The van der Waals surface area contributed by atoms with Crippen LogP contribution in [0.2, 0.25) is 0 Å². The summed E-state index contributed by atoms with van der Waals surface area (Å²) in [6.07, 6.45) is -9.64. The zero-order chi connectivity index (χ0) is 24.6. The molecule has 0 saturated heterocycles. The summed E-state index contributed by atoms with van der Waals surface area (Å²) in [6, 6.07) is 7.35. The molecule has 0 aliphatic carbocycles. The van der Waals surface area contributed by atoms with E-state index >= 15 is 0 Å². The molecule has 7 nitrogen and oxygen atoms in total. The second kappa shape index (κ2) is 8.41. The monoisotopic (exact) mass is 472 g/mol. The molecule has 174 valence electrons. The standard InChI is InChI=1S/C20H14F6N4O3/c21-19(22,23)11-7-9(27)1-3-13(11)29-17(31)15-5-6-16(33-15)18(32)30-14-4-2-10(28)8-12(14)20(24,25)26/h1-8H,27-28H2,(H,29,31)(H,30,32). The number of hydrogen-bond acceptors (Lipinski definition) is 5. The first-order valence-electron chi connectivity index (χ1n) is 8.91. The van der Waals surface area contributed by atoms with Crippen molar-refractivity contribution >= 4 is 34.6 Å². The number of amides is 2. The highest BCUT2D eigenvalue weighted by molar-refractivity contribution is 6.06. The summed E-state index contributed by atoms with van der Waals surface area (Å²) in [5, 5.41) is 3.99. The molecule has 0 spiro atoms. The lowest BCUT2D eigenvalue weighted by Gasteiger charge is -2.14. The molecule has 2 aromatic carbocycles. The van der Waals surface area contributed by atoms with Crippen LogP contribution in [0.15, 0.2) is 52.9 Å². The van der Waals surface area contributed by atoms with Crippen molar-refractivity contribution in [2.24, 2.45) is 0 Å². The Balaban J connectivity index is 1.80. The van der Waals surface area contributed by atoms with Gasteiger partial charge in [-0.3, -0.25) is 9.59 Å². The molecule has 0 aliphatic heterocycles. The van der Waals surface area contributed by atoms with Gasteiger partial charge >= 0.3 is 12.4 Å². The normalized spacial score (nSPS) is 11.8. The van der Waals surface area contributed by atoms with Crippen molar-refractivity contribution in [3.8, 4) is 0 Å². The number of alkyl halides is 6. The highest BCUT2D eigenvalue weighted by Gasteiger charge is 2.35. The van der Waals surface area contributed by atoms with Crippen molar-refractivity contribution in [1.29, 1.82) is 0 Å². The molecule has 0 saturated carbocycles. The van der Waals surface area contributed by atoms with Crippen LogP contribution in [0.1, 0.15) is 32.2 Å². The molecular formula is C20H14F6N4O3. The van der Waals surface area contributed by atoms with Gasteiger partial charge in [-0.05, 0) is 48.5 Å². The van der Waals surface area contributed by atoms with Crippen LogP contribution in [0.3, 0.4) is 0 Å². The van der Waals surface area contributed by atoms with Crippen LogP contribution in [0, 0.1) is 0 Å². The molecule has 3 rings (SSSR count). The van der Waals surface area contributed by atoms with Crippen LogP contribution in [-0.4, -0.2) is 11.8 Å². The molecule has 0 fully saturated rings. The maximum atomic E-state index is 13.2. The predicted molar refractivity (Wildman–Crippen MR) is 106 cm³/mol. The van der Waals surface area contributed by atoms with Crippen molar-refractivity contribution in [1.82, 2.24) is 0 Å². The molecule has 0 unspecified atom stereocenters. The number of nitrogens with two attached hydrogens (primary N) is 2. The van der Waals surface area contributed by atoms with Crippen LogP contribution >= 0.6 is 0 Å². The molecule has 1 aromatic heterocycles. The highest BCUT2D eigenvalue weighted by atomic mass is 19.4. The van der Waals surface area contributed by atoms with Crippen LogP contribution < -0.4 is 22.1 Å². The van der Waals surface area contributed by atoms with Crippen LogP contribution in [0.4, 0.5) is 49.1 Å². The molecule has 33 heavy (non-hydrogen) atoms. The Labute approximate surface area is 181 Å². The van der Waals surface area contributed by atoms with E-state index in [9.17, 15) is 35.9 Å². The summed E-state index contributed by atoms with van der Waals surface area (Å²) in [5.41, 5.74) is 6.72. The highest BCUT2D eigenvalue weighted by Crippen LogP contribution is 2.37. The van der Waals surface area contributed by atoms with Crippen LogP contribution in [-0.2, 0) is 12.4 Å². The Morgan fingerprint density at radius 2 is 1.03 bits per heavy atom. The molecule has 0 atom stereocenters. The number of nitrogens with one attached hydrogen (secondary N) is 2. The molecule has 6 N–H and O–H groups in total. The average Bonchev–Trinajstić information content (AvgIpc) is 3.19. The maximum absolute atomic E-state index is 13.2. The third kappa shape index (κ3) is 5.37. The largest absolute Gasteiger partial charge is 0.446 e. The first-order valence-corrected chi connectivity index (χ1v) is 8.91. The third-order valence-corrected chi connectivity index (χ3v) is 4.25. The first-order chi connectivity index (χ1) is 15.3. The summed E-state index contributed by atoms with van der Waals surface area (Å²) < 4.78 is 84.0. The van der Waals surface area contributed by atoms with Gasteiger partial charge in [0.1, 0.15) is 0 Å². The summed E-state index contributed by atoms with van der Waals surface area (Å²) >= 11 is 0. The number of halogens is 6. The fourth-order valence-corrected chi connectivity index (χ4v) is 2.76. The molecule has 2 amide bonds.